The molecule has 4 saturated carbocycles. The number of hydrogen-bond acceptors (Lipinski definition) is 5. The maximum atomic E-state index is 12.7. The molecule has 0 amide bonds. The molecule has 5 aliphatic rings. The minimum absolute atomic E-state index is 0.0802. The highest BCUT2D eigenvalue weighted by Gasteiger charge is 2.82. The molecule has 8 atom stereocenters. The SMILES string of the molecule is C=C1[C@@H](O)[C@]23C[C@@]1(O)CC[C@H]2[C@@]12CCC[C@](C)(C(=O)OC1)[C@H]2[C@@H]3C(=O)O. The Morgan fingerprint density at radius 2 is 2.04 bits per heavy atom. The van der Waals surface area contributed by atoms with Crippen LogP contribution in [0.15, 0.2) is 12.2 Å². The number of hydrogen-bond donors (Lipinski definition) is 3. The highest BCUT2D eigenvalue weighted by Crippen LogP contribution is 2.79. The maximum Gasteiger partial charge on any atom is 0.312 e. The van der Waals surface area contributed by atoms with E-state index in [1.54, 1.807) is 0 Å². The molecule has 1 heterocycles. The van der Waals surface area contributed by atoms with Gasteiger partial charge in [0.2, 0.25) is 0 Å². The summed E-state index contributed by atoms with van der Waals surface area (Å²) in [6.07, 6.45) is 2.59. The second kappa shape index (κ2) is 4.53. The van der Waals surface area contributed by atoms with Gasteiger partial charge in [-0.3, -0.25) is 9.59 Å². The average molecular weight is 362 g/mol. The zero-order valence-electron chi connectivity index (χ0n) is 15.0. The Balaban J connectivity index is 1.79. The van der Waals surface area contributed by atoms with E-state index in [1.807, 2.05) is 6.92 Å². The molecule has 0 aromatic heterocycles. The smallest absolute Gasteiger partial charge is 0.312 e. The van der Waals surface area contributed by atoms with Crippen LogP contribution in [0.3, 0.4) is 0 Å². The number of carboxylic acids is 1. The van der Waals surface area contributed by atoms with Crippen LogP contribution in [0.4, 0.5) is 0 Å². The number of fused-ring (bicyclic) bond motifs is 1. The van der Waals surface area contributed by atoms with Crippen molar-refractivity contribution < 1.29 is 29.6 Å². The van der Waals surface area contributed by atoms with Crippen LogP contribution in [0.1, 0.15) is 45.4 Å². The molecule has 26 heavy (non-hydrogen) atoms. The van der Waals surface area contributed by atoms with E-state index >= 15 is 0 Å². The minimum Gasteiger partial charge on any atom is -0.481 e. The molecule has 0 unspecified atom stereocenters. The number of aliphatic carboxylic acids is 1. The lowest BCUT2D eigenvalue weighted by molar-refractivity contribution is -0.201. The zero-order chi connectivity index (χ0) is 18.7. The third-order valence-electron chi connectivity index (χ3n) is 8.99. The molecular weight excluding hydrogens is 336 g/mol. The average Bonchev–Trinajstić information content (AvgIpc) is 2.93. The number of ether oxygens (including phenoxy) is 1. The summed E-state index contributed by atoms with van der Waals surface area (Å²) >= 11 is 0. The molecule has 1 spiro atoms. The molecule has 4 aliphatic carbocycles. The number of aliphatic hydroxyl groups is 2. The van der Waals surface area contributed by atoms with Gasteiger partial charge in [0.15, 0.2) is 0 Å². The van der Waals surface area contributed by atoms with Gasteiger partial charge in [0, 0.05) is 10.8 Å². The van der Waals surface area contributed by atoms with Crippen LogP contribution < -0.4 is 0 Å². The van der Waals surface area contributed by atoms with Gasteiger partial charge in [-0.05, 0) is 56.4 Å². The second-order valence-corrected chi connectivity index (χ2v) is 9.71. The lowest BCUT2D eigenvalue weighted by atomic mass is 9.51. The van der Waals surface area contributed by atoms with Crippen molar-refractivity contribution in [3.8, 4) is 0 Å². The first-order chi connectivity index (χ1) is 12.1. The van der Waals surface area contributed by atoms with Gasteiger partial charge in [-0.25, -0.2) is 0 Å². The molecule has 5 rings (SSSR count). The number of carbonyl (C=O) groups is 2. The normalized spacial score (nSPS) is 57.3. The number of rotatable bonds is 1. The van der Waals surface area contributed by atoms with Crippen LogP contribution in [0.2, 0.25) is 0 Å². The topological polar surface area (TPSA) is 104 Å². The van der Waals surface area contributed by atoms with E-state index in [1.165, 1.54) is 0 Å². The standard InChI is InChI=1S/C20H26O6/c1-10-14(21)20-8-19(10,25)7-4-11(20)18-6-3-5-17(2,16(24)26-9-18)13(18)12(20)15(22)23/h11-14,21,25H,1,3-9H2,2H3,(H,22,23)/t11-,12+,13+,14+,17-,18+,19-,20+/m0/s1. The van der Waals surface area contributed by atoms with Gasteiger partial charge < -0.3 is 20.1 Å². The monoisotopic (exact) mass is 362 g/mol. The summed E-state index contributed by atoms with van der Waals surface area (Å²) in [6, 6.07) is 0. The predicted molar refractivity (Wildman–Crippen MR) is 89.8 cm³/mol. The van der Waals surface area contributed by atoms with Crippen LogP contribution in [0, 0.1) is 34.0 Å². The van der Waals surface area contributed by atoms with Crippen molar-refractivity contribution in [3.05, 3.63) is 12.2 Å². The summed E-state index contributed by atoms with van der Waals surface area (Å²) in [7, 11) is 0. The van der Waals surface area contributed by atoms with Crippen LogP contribution in [0.25, 0.3) is 0 Å². The highest BCUT2D eigenvalue weighted by molar-refractivity contribution is 5.82. The van der Waals surface area contributed by atoms with Crippen molar-refractivity contribution in [3.63, 3.8) is 0 Å². The maximum absolute atomic E-state index is 12.7. The Morgan fingerprint density at radius 1 is 1.31 bits per heavy atom. The first kappa shape index (κ1) is 16.8. The zero-order valence-corrected chi connectivity index (χ0v) is 15.0. The lowest BCUT2D eigenvalue weighted by Crippen LogP contribution is -2.58. The van der Waals surface area contributed by atoms with Crippen molar-refractivity contribution in [2.45, 2.75) is 57.2 Å². The van der Waals surface area contributed by atoms with Crippen molar-refractivity contribution in [2.24, 2.45) is 34.0 Å². The van der Waals surface area contributed by atoms with Gasteiger partial charge in [0.25, 0.3) is 0 Å². The Kier molecular flexibility index (Phi) is 2.92. The van der Waals surface area contributed by atoms with E-state index < -0.39 is 39.8 Å². The summed E-state index contributed by atoms with van der Waals surface area (Å²) in [5, 5.41) is 32.5. The molecule has 4 bridgehead atoms. The Bertz CT molecular complexity index is 747. The van der Waals surface area contributed by atoms with Crippen molar-refractivity contribution >= 4 is 11.9 Å². The van der Waals surface area contributed by atoms with Gasteiger partial charge >= 0.3 is 11.9 Å². The van der Waals surface area contributed by atoms with Crippen LogP contribution in [-0.2, 0) is 14.3 Å². The fourth-order valence-electron chi connectivity index (χ4n) is 8.19. The van der Waals surface area contributed by atoms with Crippen molar-refractivity contribution in [2.75, 3.05) is 6.61 Å². The molecule has 1 aliphatic heterocycles. The van der Waals surface area contributed by atoms with E-state index in [9.17, 15) is 24.9 Å². The molecule has 0 aromatic carbocycles. The van der Waals surface area contributed by atoms with Gasteiger partial charge in [0.1, 0.15) is 0 Å². The molecule has 3 N–H and O–H groups in total. The number of carbonyl (C=O) groups excluding carboxylic acids is 1. The summed E-state index contributed by atoms with van der Waals surface area (Å²) in [4.78, 5) is 25.3. The predicted octanol–water partition coefficient (Wildman–Crippen LogP) is 1.50. The number of esters is 1. The summed E-state index contributed by atoms with van der Waals surface area (Å²) in [5.41, 5.74) is -3.06. The molecular formula is C20H26O6. The number of cyclic esters (lactones) is 1. The first-order valence-electron chi connectivity index (χ1n) is 9.63. The molecule has 6 nitrogen and oxygen atoms in total. The summed E-state index contributed by atoms with van der Waals surface area (Å²) in [6.45, 7) is 6.02. The van der Waals surface area contributed by atoms with E-state index in [-0.39, 0.29) is 30.8 Å². The quantitative estimate of drug-likeness (QED) is 0.482. The third kappa shape index (κ3) is 1.47. The number of carboxylic acid groups (broad SMARTS) is 1. The van der Waals surface area contributed by atoms with E-state index in [4.69, 9.17) is 4.74 Å². The van der Waals surface area contributed by atoms with Gasteiger partial charge in [-0.1, -0.05) is 13.0 Å². The third-order valence-corrected chi connectivity index (χ3v) is 8.99. The van der Waals surface area contributed by atoms with Crippen LogP contribution in [-0.4, -0.2) is 45.6 Å². The van der Waals surface area contributed by atoms with E-state index in [0.717, 1.165) is 12.8 Å². The second-order valence-electron chi connectivity index (χ2n) is 9.71. The van der Waals surface area contributed by atoms with Gasteiger partial charge in [-0.2, -0.15) is 0 Å². The molecule has 142 valence electrons. The first-order valence-corrected chi connectivity index (χ1v) is 9.63. The van der Waals surface area contributed by atoms with E-state index in [2.05, 4.69) is 6.58 Å². The van der Waals surface area contributed by atoms with Crippen LogP contribution in [0.5, 0.6) is 0 Å². The van der Waals surface area contributed by atoms with Gasteiger partial charge in [0.05, 0.1) is 29.6 Å². The molecule has 0 radical (unpaired) electrons. The van der Waals surface area contributed by atoms with Crippen molar-refractivity contribution in [1.29, 1.82) is 0 Å². The van der Waals surface area contributed by atoms with Crippen molar-refractivity contribution in [1.82, 2.24) is 0 Å². The van der Waals surface area contributed by atoms with Crippen LogP contribution >= 0.6 is 0 Å². The molecule has 5 fully saturated rings. The fraction of sp³-hybridized carbons (Fsp3) is 0.800. The minimum atomic E-state index is -1.20. The van der Waals surface area contributed by atoms with E-state index in [0.29, 0.717) is 24.8 Å². The molecule has 6 heteroatoms. The Morgan fingerprint density at radius 3 is 2.73 bits per heavy atom. The highest BCUT2D eigenvalue weighted by atomic mass is 16.5. The Labute approximate surface area is 152 Å². The molecule has 0 aromatic rings. The largest absolute Gasteiger partial charge is 0.481 e. The lowest BCUT2D eigenvalue weighted by Gasteiger charge is -2.55. The molecule has 1 saturated heterocycles. The Hall–Kier alpha value is -1.40. The summed E-state index contributed by atoms with van der Waals surface area (Å²) in [5.74, 6) is -2.59. The van der Waals surface area contributed by atoms with Gasteiger partial charge in [-0.15, -0.1) is 0 Å². The number of aliphatic hydroxyl groups excluding tert-OH is 1. The fourth-order valence-corrected chi connectivity index (χ4v) is 8.19. The summed E-state index contributed by atoms with van der Waals surface area (Å²) < 4.78 is 5.62.